The highest BCUT2D eigenvalue weighted by atomic mass is 19.4. The van der Waals surface area contributed by atoms with E-state index in [9.17, 15) is 13.2 Å². The Bertz CT molecular complexity index is 860. The average Bonchev–Trinajstić information content (AvgIpc) is 3.12. The Morgan fingerprint density at radius 1 is 1.25 bits per heavy atom. The van der Waals surface area contributed by atoms with Crippen LogP contribution in [0.2, 0.25) is 0 Å². The third-order valence-electron chi connectivity index (χ3n) is 3.67. The van der Waals surface area contributed by atoms with E-state index in [0.717, 1.165) is 17.8 Å². The molecule has 0 saturated carbocycles. The minimum atomic E-state index is -4.38. The van der Waals surface area contributed by atoms with Gasteiger partial charge in [0.2, 0.25) is 0 Å². The third-order valence-corrected chi connectivity index (χ3v) is 3.67. The van der Waals surface area contributed by atoms with Gasteiger partial charge in [-0.15, -0.1) is 0 Å². The van der Waals surface area contributed by atoms with Crippen molar-refractivity contribution in [3.63, 3.8) is 0 Å². The summed E-state index contributed by atoms with van der Waals surface area (Å²) in [6, 6.07) is 6.80. The average molecular weight is 392 g/mol. The van der Waals surface area contributed by atoms with Crippen LogP contribution in [0.3, 0.4) is 0 Å². The predicted molar refractivity (Wildman–Crippen MR) is 102 cm³/mol. The van der Waals surface area contributed by atoms with E-state index in [-0.39, 0.29) is 12.5 Å². The first kappa shape index (κ1) is 21.4. The molecule has 0 aliphatic heterocycles. The van der Waals surface area contributed by atoms with E-state index in [0.29, 0.717) is 30.4 Å². The normalized spacial score (nSPS) is 11.9. The molecule has 0 amide bonds. The monoisotopic (exact) mass is 392 g/mol. The molecule has 5 nitrogen and oxygen atoms in total. The Morgan fingerprint density at radius 2 is 2.04 bits per heavy atom. The van der Waals surface area contributed by atoms with Gasteiger partial charge < -0.3 is 15.2 Å². The number of hydrogen-bond donors (Lipinski definition) is 2. The van der Waals surface area contributed by atoms with Crippen LogP contribution in [0.25, 0.3) is 0 Å². The van der Waals surface area contributed by atoms with Crippen LogP contribution in [0.4, 0.5) is 13.2 Å². The molecule has 1 aromatic carbocycles. The lowest BCUT2D eigenvalue weighted by Gasteiger charge is -2.08. The van der Waals surface area contributed by atoms with Gasteiger partial charge in [-0.05, 0) is 31.0 Å². The Hall–Kier alpha value is -2.95. The standard InChI is InChI=1S/C20H23F3N4O/c1-4-24-19(26-13-17-12-18(14(2)3)27-28-17)25-10-6-8-15-7-5-9-16(11-15)20(21,22)23/h5,7,9,11-12,14H,4,10,13H2,1-3H3,(H2,24,25,26). The van der Waals surface area contributed by atoms with Gasteiger partial charge in [-0.25, -0.2) is 4.99 Å². The summed E-state index contributed by atoms with van der Waals surface area (Å²) in [5.74, 6) is 6.98. The first-order valence-electron chi connectivity index (χ1n) is 8.93. The number of nitrogens with one attached hydrogen (secondary N) is 2. The number of hydrogen-bond acceptors (Lipinski definition) is 3. The molecule has 2 rings (SSSR count). The molecule has 0 aliphatic rings. The fraction of sp³-hybridized carbons (Fsp3) is 0.400. The van der Waals surface area contributed by atoms with Crippen LogP contribution in [0.15, 0.2) is 39.8 Å². The SMILES string of the molecule is CCNC(=NCc1cc(C(C)C)no1)NCC#Cc1cccc(C(F)(F)F)c1. The zero-order valence-corrected chi connectivity index (χ0v) is 16.0. The van der Waals surface area contributed by atoms with E-state index in [2.05, 4.69) is 32.6 Å². The molecule has 1 heterocycles. The molecular weight excluding hydrogens is 369 g/mol. The van der Waals surface area contributed by atoms with Crippen molar-refractivity contribution >= 4 is 5.96 Å². The van der Waals surface area contributed by atoms with Crippen molar-refractivity contribution in [1.82, 2.24) is 15.8 Å². The van der Waals surface area contributed by atoms with E-state index in [1.54, 1.807) is 0 Å². The van der Waals surface area contributed by atoms with Crippen molar-refractivity contribution < 1.29 is 17.7 Å². The second-order valence-electron chi connectivity index (χ2n) is 6.30. The summed E-state index contributed by atoms with van der Waals surface area (Å²) < 4.78 is 43.4. The summed E-state index contributed by atoms with van der Waals surface area (Å²) in [4.78, 5) is 4.39. The molecule has 8 heteroatoms. The van der Waals surface area contributed by atoms with Gasteiger partial charge in [0.05, 0.1) is 17.8 Å². The minimum absolute atomic E-state index is 0.232. The number of alkyl halides is 3. The van der Waals surface area contributed by atoms with E-state index >= 15 is 0 Å². The van der Waals surface area contributed by atoms with Crippen LogP contribution in [0.5, 0.6) is 0 Å². The smallest absolute Gasteiger partial charge is 0.359 e. The Labute approximate surface area is 162 Å². The topological polar surface area (TPSA) is 62.5 Å². The van der Waals surface area contributed by atoms with Crippen LogP contribution in [-0.2, 0) is 12.7 Å². The molecule has 1 aromatic heterocycles. The maximum atomic E-state index is 12.7. The van der Waals surface area contributed by atoms with Gasteiger partial charge in [-0.3, -0.25) is 0 Å². The fourth-order valence-electron chi connectivity index (χ4n) is 2.22. The van der Waals surface area contributed by atoms with Crippen LogP contribution in [0, 0.1) is 11.8 Å². The van der Waals surface area contributed by atoms with Crippen LogP contribution in [-0.4, -0.2) is 24.2 Å². The van der Waals surface area contributed by atoms with Gasteiger partial charge in [-0.1, -0.05) is 36.9 Å². The molecular formula is C20H23F3N4O. The zero-order chi connectivity index (χ0) is 20.6. The molecule has 0 fully saturated rings. The predicted octanol–water partition coefficient (Wildman–Crippen LogP) is 3.92. The molecule has 0 radical (unpaired) electrons. The van der Waals surface area contributed by atoms with Crippen molar-refractivity contribution in [1.29, 1.82) is 0 Å². The highest BCUT2D eigenvalue weighted by Gasteiger charge is 2.30. The van der Waals surface area contributed by atoms with Gasteiger partial charge in [0.15, 0.2) is 11.7 Å². The largest absolute Gasteiger partial charge is 0.416 e. The van der Waals surface area contributed by atoms with Crippen LogP contribution < -0.4 is 10.6 Å². The van der Waals surface area contributed by atoms with E-state index in [4.69, 9.17) is 4.52 Å². The zero-order valence-electron chi connectivity index (χ0n) is 16.0. The summed E-state index contributed by atoms with van der Waals surface area (Å²) in [7, 11) is 0. The van der Waals surface area contributed by atoms with E-state index < -0.39 is 11.7 Å². The number of nitrogens with zero attached hydrogens (tertiary/aromatic N) is 2. The molecule has 0 atom stereocenters. The number of benzene rings is 1. The third kappa shape index (κ3) is 6.65. The van der Waals surface area contributed by atoms with Gasteiger partial charge in [0, 0.05) is 18.2 Å². The van der Waals surface area contributed by atoms with Crippen molar-refractivity contribution in [3.05, 3.63) is 52.9 Å². The highest BCUT2D eigenvalue weighted by Crippen LogP contribution is 2.29. The maximum absolute atomic E-state index is 12.7. The first-order chi connectivity index (χ1) is 13.3. The molecule has 0 unspecified atom stereocenters. The van der Waals surface area contributed by atoms with Gasteiger partial charge in [0.1, 0.15) is 6.54 Å². The molecule has 150 valence electrons. The summed E-state index contributed by atoms with van der Waals surface area (Å²) in [6.07, 6.45) is -4.38. The summed E-state index contributed by atoms with van der Waals surface area (Å²) in [5.41, 5.74) is 0.464. The van der Waals surface area contributed by atoms with E-state index in [1.165, 1.54) is 12.1 Å². The van der Waals surface area contributed by atoms with Gasteiger partial charge in [0.25, 0.3) is 0 Å². The van der Waals surface area contributed by atoms with Gasteiger partial charge >= 0.3 is 6.18 Å². The summed E-state index contributed by atoms with van der Waals surface area (Å²) >= 11 is 0. The second kappa shape index (κ2) is 9.83. The lowest BCUT2D eigenvalue weighted by molar-refractivity contribution is -0.137. The van der Waals surface area contributed by atoms with Crippen molar-refractivity contribution in [3.8, 4) is 11.8 Å². The molecule has 0 aliphatic carbocycles. The number of rotatable bonds is 5. The van der Waals surface area contributed by atoms with Crippen LogP contribution >= 0.6 is 0 Å². The Morgan fingerprint density at radius 3 is 2.68 bits per heavy atom. The number of aliphatic imine (C=N–C) groups is 1. The minimum Gasteiger partial charge on any atom is -0.359 e. The summed E-state index contributed by atoms with van der Waals surface area (Å²) in [5, 5.41) is 10.1. The number of halogens is 3. The quantitative estimate of drug-likeness (QED) is 0.460. The molecule has 2 aromatic rings. The molecule has 0 bridgehead atoms. The second-order valence-corrected chi connectivity index (χ2v) is 6.30. The van der Waals surface area contributed by atoms with Crippen LogP contribution in [0.1, 0.15) is 49.3 Å². The lowest BCUT2D eigenvalue weighted by atomic mass is 10.1. The fourth-order valence-corrected chi connectivity index (χ4v) is 2.22. The number of guanidine groups is 1. The first-order valence-corrected chi connectivity index (χ1v) is 8.93. The number of aromatic nitrogens is 1. The van der Waals surface area contributed by atoms with Crippen molar-refractivity contribution in [2.75, 3.05) is 13.1 Å². The summed E-state index contributed by atoms with van der Waals surface area (Å²) in [6.45, 7) is 7.18. The maximum Gasteiger partial charge on any atom is 0.416 e. The molecule has 0 saturated heterocycles. The Kier molecular flexibility index (Phi) is 7.50. The van der Waals surface area contributed by atoms with Gasteiger partial charge in [-0.2, -0.15) is 13.2 Å². The molecule has 28 heavy (non-hydrogen) atoms. The molecule has 0 spiro atoms. The lowest BCUT2D eigenvalue weighted by Crippen LogP contribution is -2.37. The van der Waals surface area contributed by atoms with Crippen molar-refractivity contribution in [2.24, 2.45) is 4.99 Å². The molecule has 2 N–H and O–H groups in total. The van der Waals surface area contributed by atoms with Crippen molar-refractivity contribution in [2.45, 2.75) is 39.4 Å². The Balaban J connectivity index is 1.95. The van der Waals surface area contributed by atoms with E-state index in [1.807, 2.05) is 26.8 Å². The highest BCUT2D eigenvalue weighted by molar-refractivity contribution is 5.80.